The minimum atomic E-state index is 0.264. The maximum absolute atomic E-state index is 9.45. The smallest absolute Gasteiger partial charge is 0.108 e. The summed E-state index contributed by atoms with van der Waals surface area (Å²) in [5.41, 5.74) is 1.40. The van der Waals surface area contributed by atoms with Gasteiger partial charge in [-0.25, -0.2) is 4.98 Å². The zero-order chi connectivity index (χ0) is 17.2. The van der Waals surface area contributed by atoms with Crippen LogP contribution in [0, 0.1) is 5.41 Å². The van der Waals surface area contributed by atoms with E-state index >= 15 is 0 Å². The largest absolute Gasteiger partial charge is 0.396 e. The van der Waals surface area contributed by atoms with Crippen LogP contribution in [0.1, 0.15) is 32.2 Å². The highest BCUT2D eigenvalue weighted by Crippen LogP contribution is 2.25. The van der Waals surface area contributed by atoms with E-state index in [-0.39, 0.29) is 6.61 Å². The number of hydrogen-bond donors (Lipinski definition) is 1. The number of hydrogen-bond acceptors (Lipinski definition) is 5. The van der Waals surface area contributed by atoms with Gasteiger partial charge in [0.15, 0.2) is 0 Å². The van der Waals surface area contributed by atoms with E-state index in [1.54, 1.807) is 11.3 Å². The molecule has 0 saturated carbocycles. The molecule has 1 atom stereocenters. The van der Waals surface area contributed by atoms with Crippen LogP contribution in [0.4, 0.5) is 0 Å². The molecular weight excluding hydrogens is 318 g/mol. The molecule has 1 aromatic carbocycles. The SMILES string of the molecule is CC(C)(C)CN1CCN(Cc2nc3ccccc3s2)C[C@H]1CCO. The number of benzene rings is 1. The molecule has 24 heavy (non-hydrogen) atoms. The molecule has 1 aliphatic heterocycles. The molecule has 2 aromatic rings. The molecular formula is C19H29N3OS. The number of rotatable bonds is 5. The zero-order valence-electron chi connectivity index (χ0n) is 15.0. The van der Waals surface area contributed by atoms with Gasteiger partial charge in [0, 0.05) is 38.8 Å². The fraction of sp³-hybridized carbons (Fsp3) is 0.632. The third kappa shape index (κ3) is 4.54. The number of nitrogens with zero attached hydrogens (tertiary/aromatic N) is 3. The van der Waals surface area contributed by atoms with Crippen LogP contribution in [0.3, 0.4) is 0 Å². The van der Waals surface area contributed by atoms with Crippen molar-refractivity contribution >= 4 is 21.6 Å². The second-order valence-electron chi connectivity index (χ2n) is 8.01. The zero-order valence-corrected chi connectivity index (χ0v) is 15.9. The summed E-state index contributed by atoms with van der Waals surface area (Å²) in [6.07, 6.45) is 0.854. The quantitative estimate of drug-likeness (QED) is 0.901. The molecule has 2 heterocycles. The van der Waals surface area contributed by atoms with Gasteiger partial charge in [0.1, 0.15) is 5.01 Å². The second kappa shape index (κ2) is 7.48. The van der Waals surface area contributed by atoms with E-state index in [0.717, 1.165) is 44.7 Å². The van der Waals surface area contributed by atoms with Crippen molar-refractivity contribution in [2.24, 2.45) is 5.41 Å². The highest BCUT2D eigenvalue weighted by molar-refractivity contribution is 7.18. The van der Waals surface area contributed by atoms with Gasteiger partial charge in [0.25, 0.3) is 0 Å². The number of piperazine rings is 1. The van der Waals surface area contributed by atoms with Crippen LogP contribution in [-0.2, 0) is 6.54 Å². The van der Waals surface area contributed by atoms with Gasteiger partial charge < -0.3 is 5.11 Å². The van der Waals surface area contributed by atoms with Crippen molar-refractivity contribution in [3.63, 3.8) is 0 Å². The lowest BCUT2D eigenvalue weighted by Gasteiger charge is -2.43. The summed E-state index contributed by atoms with van der Waals surface area (Å²) in [6.45, 7) is 12.3. The second-order valence-corrected chi connectivity index (χ2v) is 9.12. The predicted molar refractivity (Wildman–Crippen MR) is 101 cm³/mol. The van der Waals surface area contributed by atoms with E-state index in [1.807, 2.05) is 6.07 Å². The Morgan fingerprint density at radius 1 is 1.25 bits per heavy atom. The Morgan fingerprint density at radius 2 is 2.04 bits per heavy atom. The standard InChI is InChI=1S/C19H29N3OS/c1-19(2,3)14-22-10-9-21(12-15(22)8-11-23)13-18-20-16-6-4-5-7-17(16)24-18/h4-7,15,23H,8-14H2,1-3H3/t15-/m1/s1. The summed E-state index contributed by atoms with van der Waals surface area (Å²) in [7, 11) is 0. The Bertz CT molecular complexity index is 631. The Morgan fingerprint density at radius 3 is 2.75 bits per heavy atom. The van der Waals surface area contributed by atoms with Crippen LogP contribution in [0.5, 0.6) is 0 Å². The fourth-order valence-electron chi connectivity index (χ4n) is 3.52. The molecule has 132 valence electrons. The molecule has 1 saturated heterocycles. The Kier molecular flexibility index (Phi) is 5.55. The average Bonchev–Trinajstić information content (AvgIpc) is 2.91. The van der Waals surface area contributed by atoms with E-state index in [2.05, 4.69) is 48.8 Å². The van der Waals surface area contributed by atoms with Crippen molar-refractivity contribution in [1.82, 2.24) is 14.8 Å². The first-order valence-electron chi connectivity index (χ1n) is 8.86. The number of aliphatic hydroxyl groups excluding tert-OH is 1. The number of thiazole rings is 1. The van der Waals surface area contributed by atoms with Crippen molar-refractivity contribution in [3.8, 4) is 0 Å². The lowest BCUT2D eigenvalue weighted by Crippen LogP contribution is -2.54. The third-order valence-corrected chi connectivity index (χ3v) is 5.55. The molecule has 0 unspecified atom stereocenters. The molecule has 4 nitrogen and oxygen atoms in total. The molecule has 3 rings (SSSR count). The van der Waals surface area contributed by atoms with E-state index in [4.69, 9.17) is 4.98 Å². The van der Waals surface area contributed by atoms with Crippen LogP contribution in [0.2, 0.25) is 0 Å². The predicted octanol–water partition coefficient (Wildman–Crippen LogP) is 3.21. The minimum Gasteiger partial charge on any atom is -0.396 e. The number of aliphatic hydroxyl groups is 1. The lowest BCUT2D eigenvalue weighted by molar-refractivity contribution is 0.0340. The lowest BCUT2D eigenvalue weighted by atomic mass is 9.94. The summed E-state index contributed by atoms with van der Waals surface area (Å²) >= 11 is 1.80. The highest BCUT2D eigenvalue weighted by Gasteiger charge is 2.29. The van der Waals surface area contributed by atoms with Crippen molar-refractivity contribution < 1.29 is 5.11 Å². The topological polar surface area (TPSA) is 39.6 Å². The van der Waals surface area contributed by atoms with Gasteiger partial charge in [0.05, 0.1) is 16.8 Å². The van der Waals surface area contributed by atoms with Gasteiger partial charge in [-0.1, -0.05) is 32.9 Å². The Hall–Kier alpha value is -1.01. The maximum Gasteiger partial charge on any atom is 0.108 e. The molecule has 0 aliphatic carbocycles. The summed E-state index contributed by atoms with van der Waals surface area (Å²) in [5, 5.41) is 10.6. The average molecular weight is 348 g/mol. The van der Waals surface area contributed by atoms with Crippen LogP contribution >= 0.6 is 11.3 Å². The number of aromatic nitrogens is 1. The molecule has 0 bridgehead atoms. The highest BCUT2D eigenvalue weighted by atomic mass is 32.1. The van der Waals surface area contributed by atoms with Crippen molar-refractivity contribution in [3.05, 3.63) is 29.3 Å². The monoisotopic (exact) mass is 347 g/mol. The van der Waals surface area contributed by atoms with Gasteiger partial charge in [-0.15, -0.1) is 11.3 Å². The minimum absolute atomic E-state index is 0.264. The summed E-state index contributed by atoms with van der Waals surface area (Å²) < 4.78 is 1.27. The van der Waals surface area contributed by atoms with Gasteiger partial charge in [0.2, 0.25) is 0 Å². The van der Waals surface area contributed by atoms with Gasteiger partial charge in [-0.3, -0.25) is 9.80 Å². The Labute approximate surface area is 149 Å². The summed E-state index contributed by atoms with van der Waals surface area (Å²) in [6, 6.07) is 8.80. The van der Waals surface area contributed by atoms with Gasteiger partial charge in [-0.05, 0) is 24.0 Å². The maximum atomic E-state index is 9.45. The molecule has 1 fully saturated rings. The van der Waals surface area contributed by atoms with Crippen molar-refractivity contribution in [2.75, 3.05) is 32.8 Å². The molecule has 1 N–H and O–H groups in total. The summed E-state index contributed by atoms with van der Waals surface area (Å²) in [5.74, 6) is 0. The molecule has 5 heteroatoms. The first-order chi connectivity index (χ1) is 11.4. The first kappa shape index (κ1) is 17.8. The van der Waals surface area contributed by atoms with E-state index < -0.39 is 0 Å². The Balaban J connectivity index is 1.65. The van der Waals surface area contributed by atoms with E-state index in [1.165, 1.54) is 9.71 Å². The number of para-hydroxylation sites is 1. The van der Waals surface area contributed by atoms with Crippen molar-refractivity contribution in [2.45, 2.75) is 39.8 Å². The molecule has 1 aromatic heterocycles. The first-order valence-corrected chi connectivity index (χ1v) is 9.68. The van der Waals surface area contributed by atoms with E-state index in [0.29, 0.717) is 11.5 Å². The molecule has 0 amide bonds. The third-order valence-electron chi connectivity index (χ3n) is 4.53. The summed E-state index contributed by atoms with van der Waals surface area (Å²) in [4.78, 5) is 9.83. The van der Waals surface area contributed by atoms with Gasteiger partial charge >= 0.3 is 0 Å². The number of fused-ring (bicyclic) bond motifs is 1. The van der Waals surface area contributed by atoms with Crippen LogP contribution < -0.4 is 0 Å². The van der Waals surface area contributed by atoms with Gasteiger partial charge in [-0.2, -0.15) is 0 Å². The van der Waals surface area contributed by atoms with Crippen LogP contribution in [0.15, 0.2) is 24.3 Å². The molecule has 0 radical (unpaired) electrons. The van der Waals surface area contributed by atoms with Crippen LogP contribution in [0.25, 0.3) is 10.2 Å². The van der Waals surface area contributed by atoms with Crippen LogP contribution in [-0.4, -0.2) is 58.7 Å². The normalized spacial score (nSPS) is 20.8. The molecule has 1 aliphatic rings. The molecule has 0 spiro atoms. The van der Waals surface area contributed by atoms with E-state index in [9.17, 15) is 5.11 Å². The fourth-order valence-corrected chi connectivity index (χ4v) is 4.53. The van der Waals surface area contributed by atoms with Crippen molar-refractivity contribution in [1.29, 1.82) is 0 Å².